The predicted molar refractivity (Wildman–Crippen MR) is 75.1 cm³/mol. The summed E-state index contributed by atoms with van der Waals surface area (Å²) >= 11 is 0. The van der Waals surface area contributed by atoms with Crippen LogP contribution in [0, 0.1) is 5.41 Å². The first-order chi connectivity index (χ1) is 10.1. The van der Waals surface area contributed by atoms with Gasteiger partial charge < -0.3 is 25.2 Å². The van der Waals surface area contributed by atoms with Gasteiger partial charge in [0.05, 0.1) is 11.5 Å². The molecule has 0 radical (unpaired) electrons. The van der Waals surface area contributed by atoms with E-state index in [0.29, 0.717) is 32.6 Å². The lowest BCUT2D eigenvalue weighted by Gasteiger charge is -2.33. The van der Waals surface area contributed by atoms with E-state index < -0.39 is 11.4 Å². The third-order valence-electron chi connectivity index (χ3n) is 4.26. The van der Waals surface area contributed by atoms with Crippen LogP contribution in [0.5, 0.6) is 0 Å². The fourth-order valence-corrected chi connectivity index (χ4v) is 2.72. The summed E-state index contributed by atoms with van der Waals surface area (Å²) in [4.78, 5) is 23.2. The molecule has 1 unspecified atom stereocenters. The highest BCUT2D eigenvalue weighted by atomic mass is 16.5. The second kappa shape index (κ2) is 7.61. The molecule has 2 rings (SSSR count). The van der Waals surface area contributed by atoms with Crippen LogP contribution in [0.2, 0.25) is 0 Å². The highest BCUT2D eigenvalue weighted by Gasteiger charge is 2.40. The Morgan fingerprint density at radius 2 is 1.90 bits per heavy atom. The lowest BCUT2D eigenvalue weighted by molar-refractivity contribution is -0.154. The average Bonchev–Trinajstić information content (AvgIpc) is 2.52. The molecule has 2 saturated heterocycles. The number of nitrogens with one attached hydrogen (secondary N) is 2. The summed E-state index contributed by atoms with van der Waals surface area (Å²) in [5.74, 6) is -0.873. The monoisotopic (exact) mass is 300 g/mol. The van der Waals surface area contributed by atoms with Crippen molar-refractivity contribution in [1.29, 1.82) is 0 Å². The van der Waals surface area contributed by atoms with Gasteiger partial charge in [-0.1, -0.05) is 0 Å². The van der Waals surface area contributed by atoms with Gasteiger partial charge in [-0.25, -0.2) is 4.79 Å². The van der Waals surface area contributed by atoms with E-state index in [2.05, 4.69) is 10.6 Å². The second-order valence-electron chi connectivity index (χ2n) is 5.75. The Bertz CT molecular complexity index is 362. The number of hydrogen-bond acceptors (Lipinski definition) is 4. The maximum Gasteiger partial charge on any atom is 0.314 e. The minimum atomic E-state index is -0.906. The van der Waals surface area contributed by atoms with Crippen LogP contribution in [-0.2, 0) is 14.3 Å². The summed E-state index contributed by atoms with van der Waals surface area (Å²) in [6.07, 6.45) is 4.07. The fourth-order valence-electron chi connectivity index (χ4n) is 2.72. The number of ether oxygens (including phenoxy) is 2. The number of carbonyl (C=O) groups excluding carboxylic acids is 1. The molecule has 0 spiro atoms. The Balaban J connectivity index is 1.72. The Hall–Kier alpha value is -1.34. The van der Waals surface area contributed by atoms with Crippen LogP contribution in [0.15, 0.2) is 0 Å². The molecule has 2 amide bonds. The van der Waals surface area contributed by atoms with Crippen LogP contribution in [0.25, 0.3) is 0 Å². The third kappa shape index (κ3) is 4.57. The molecule has 1 atom stereocenters. The van der Waals surface area contributed by atoms with Gasteiger partial charge in [0.2, 0.25) is 0 Å². The van der Waals surface area contributed by atoms with Crippen LogP contribution in [0.3, 0.4) is 0 Å². The number of carbonyl (C=O) groups is 2. The van der Waals surface area contributed by atoms with E-state index in [0.717, 1.165) is 25.9 Å². The number of rotatable bonds is 5. The van der Waals surface area contributed by atoms with Crippen molar-refractivity contribution >= 4 is 12.0 Å². The summed E-state index contributed by atoms with van der Waals surface area (Å²) in [5.41, 5.74) is -0.906. The molecular formula is C14H24N2O5. The van der Waals surface area contributed by atoms with Crippen molar-refractivity contribution in [3.05, 3.63) is 0 Å². The van der Waals surface area contributed by atoms with Gasteiger partial charge in [-0.15, -0.1) is 0 Å². The van der Waals surface area contributed by atoms with Gasteiger partial charge in [-0.3, -0.25) is 4.79 Å². The molecule has 0 bridgehead atoms. The molecule has 21 heavy (non-hydrogen) atoms. The van der Waals surface area contributed by atoms with Crippen LogP contribution in [0.4, 0.5) is 4.79 Å². The highest BCUT2D eigenvalue weighted by Crippen LogP contribution is 2.30. The number of amides is 2. The molecule has 7 nitrogen and oxygen atoms in total. The second-order valence-corrected chi connectivity index (χ2v) is 5.75. The fraction of sp³-hybridized carbons (Fsp3) is 0.857. The van der Waals surface area contributed by atoms with Crippen molar-refractivity contribution in [3.63, 3.8) is 0 Å². The van der Waals surface area contributed by atoms with E-state index in [1.807, 2.05) is 0 Å². The zero-order chi connectivity index (χ0) is 15.1. The van der Waals surface area contributed by atoms with Gasteiger partial charge in [-0.05, 0) is 32.1 Å². The molecule has 0 saturated carbocycles. The van der Waals surface area contributed by atoms with Gasteiger partial charge in [0.15, 0.2) is 0 Å². The maximum atomic E-state index is 11.8. The van der Waals surface area contributed by atoms with Crippen LogP contribution < -0.4 is 10.6 Å². The number of aliphatic carboxylic acids is 1. The average molecular weight is 300 g/mol. The molecule has 2 aliphatic heterocycles. The number of hydrogen-bond donors (Lipinski definition) is 3. The molecule has 2 heterocycles. The third-order valence-corrected chi connectivity index (χ3v) is 4.26. The van der Waals surface area contributed by atoms with Crippen molar-refractivity contribution in [3.8, 4) is 0 Å². The zero-order valence-electron chi connectivity index (χ0n) is 12.2. The Kier molecular flexibility index (Phi) is 5.81. The lowest BCUT2D eigenvalue weighted by atomic mass is 9.80. The molecule has 120 valence electrons. The van der Waals surface area contributed by atoms with E-state index in [1.165, 1.54) is 0 Å². The van der Waals surface area contributed by atoms with Gasteiger partial charge in [0, 0.05) is 32.9 Å². The SMILES string of the molecule is O=C(NCC1CCCCO1)NCC1(C(=O)O)CCOCC1. The van der Waals surface area contributed by atoms with Crippen molar-refractivity contribution in [2.75, 3.05) is 32.9 Å². The molecule has 0 aromatic carbocycles. The summed E-state index contributed by atoms with van der Waals surface area (Å²) in [5, 5.41) is 14.8. The summed E-state index contributed by atoms with van der Waals surface area (Å²) in [7, 11) is 0. The topological polar surface area (TPSA) is 96.9 Å². The highest BCUT2D eigenvalue weighted by molar-refractivity contribution is 5.78. The Morgan fingerprint density at radius 1 is 1.14 bits per heavy atom. The Morgan fingerprint density at radius 3 is 2.52 bits per heavy atom. The lowest BCUT2D eigenvalue weighted by Crippen LogP contribution is -2.49. The molecular weight excluding hydrogens is 276 g/mol. The molecule has 0 aromatic rings. The predicted octanol–water partition coefficient (Wildman–Crippen LogP) is 0.736. The first-order valence-corrected chi connectivity index (χ1v) is 7.57. The van der Waals surface area contributed by atoms with E-state index in [4.69, 9.17) is 9.47 Å². The van der Waals surface area contributed by atoms with Crippen LogP contribution in [0.1, 0.15) is 32.1 Å². The van der Waals surface area contributed by atoms with E-state index in [-0.39, 0.29) is 18.7 Å². The van der Waals surface area contributed by atoms with Gasteiger partial charge in [0.1, 0.15) is 0 Å². The zero-order valence-corrected chi connectivity index (χ0v) is 12.2. The Labute approximate surface area is 124 Å². The molecule has 7 heteroatoms. The van der Waals surface area contributed by atoms with E-state index >= 15 is 0 Å². The molecule has 3 N–H and O–H groups in total. The van der Waals surface area contributed by atoms with Crippen LogP contribution in [-0.4, -0.2) is 56.1 Å². The van der Waals surface area contributed by atoms with Crippen molar-refractivity contribution in [2.45, 2.75) is 38.2 Å². The first-order valence-electron chi connectivity index (χ1n) is 7.57. The number of urea groups is 1. The van der Waals surface area contributed by atoms with Crippen LogP contribution >= 0.6 is 0 Å². The van der Waals surface area contributed by atoms with E-state index in [1.54, 1.807) is 0 Å². The smallest absolute Gasteiger partial charge is 0.314 e. The summed E-state index contributed by atoms with van der Waals surface area (Å²) < 4.78 is 10.7. The van der Waals surface area contributed by atoms with E-state index in [9.17, 15) is 14.7 Å². The standard InChI is InChI=1S/C14H24N2O5/c17-12(18)14(4-7-20-8-5-14)10-16-13(19)15-9-11-3-1-2-6-21-11/h11H,1-10H2,(H,17,18)(H2,15,16,19). The van der Waals surface area contributed by atoms with Crippen molar-refractivity contribution in [1.82, 2.24) is 10.6 Å². The van der Waals surface area contributed by atoms with Crippen molar-refractivity contribution < 1.29 is 24.2 Å². The van der Waals surface area contributed by atoms with Gasteiger partial charge >= 0.3 is 12.0 Å². The molecule has 2 fully saturated rings. The normalized spacial score (nSPS) is 25.0. The molecule has 0 aliphatic carbocycles. The number of carboxylic acids is 1. The minimum absolute atomic E-state index is 0.0704. The van der Waals surface area contributed by atoms with Gasteiger partial charge in [0.25, 0.3) is 0 Å². The first kappa shape index (κ1) is 16.0. The summed E-state index contributed by atoms with van der Waals surface area (Å²) in [6.45, 7) is 2.19. The van der Waals surface area contributed by atoms with Gasteiger partial charge in [-0.2, -0.15) is 0 Å². The summed E-state index contributed by atoms with van der Waals surface area (Å²) in [6, 6.07) is -0.337. The largest absolute Gasteiger partial charge is 0.481 e. The molecule has 0 aromatic heterocycles. The van der Waals surface area contributed by atoms with Crippen molar-refractivity contribution in [2.24, 2.45) is 5.41 Å². The minimum Gasteiger partial charge on any atom is -0.481 e. The quantitative estimate of drug-likeness (QED) is 0.695. The maximum absolute atomic E-state index is 11.8. The number of carboxylic acid groups (broad SMARTS) is 1. The molecule has 2 aliphatic rings.